The lowest BCUT2D eigenvalue weighted by molar-refractivity contribution is -0.385. The molecule has 0 aliphatic heterocycles. The minimum absolute atomic E-state index is 0.0656. The molecule has 1 aromatic heterocycles. The molecule has 0 aliphatic rings. The van der Waals surface area contributed by atoms with E-state index in [2.05, 4.69) is 5.32 Å². The Kier molecular flexibility index (Phi) is 7.43. The monoisotopic (exact) mass is 420 g/mol. The third-order valence-corrected chi connectivity index (χ3v) is 5.07. The smallest absolute Gasteiger partial charge is 0.348 e. The quantitative estimate of drug-likeness (QED) is 0.393. The van der Waals surface area contributed by atoms with E-state index in [0.29, 0.717) is 5.56 Å². The summed E-state index contributed by atoms with van der Waals surface area (Å²) in [7, 11) is 0. The SMILES string of the molecule is CCOC(=O)c1sc(NC(=O)Cc2ccccc2[N+](=O)[O-])c(C(=O)OCC)c1C. The highest BCUT2D eigenvalue weighted by atomic mass is 32.1. The lowest BCUT2D eigenvalue weighted by Gasteiger charge is -2.07. The van der Waals surface area contributed by atoms with Crippen molar-refractivity contribution in [2.75, 3.05) is 18.5 Å². The molecule has 0 aliphatic carbocycles. The number of esters is 2. The van der Waals surface area contributed by atoms with E-state index in [1.807, 2.05) is 0 Å². The topological polar surface area (TPSA) is 125 Å². The van der Waals surface area contributed by atoms with Gasteiger partial charge in [0.05, 0.1) is 30.1 Å². The Balaban J connectivity index is 2.34. The summed E-state index contributed by atoms with van der Waals surface area (Å²) in [5, 5.41) is 13.8. The van der Waals surface area contributed by atoms with Crippen LogP contribution in [-0.4, -0.2) is 36.0 Å². The van der Waals surface area contributed by atoms with Gasteiger partial charge in [0, 0.05) is 11.6 Å². The average molecular weight is 420 g/mol. The van der Waals surface area contributed by atoms with Crippen LogP contribution in [0.2, 0.25) is 0 Å². The van der Waals surface area contributed by atoms with Crippen molar-refractivity contribution >= 4 is 39.9 Å². The van der Waals surface area contributed by atoms with Gasteiger partial charge in [0.15, 0.2) is 0 Å². The number of carbonyl (C=O) groups is 3. The standard InChI is InChI=1S/C19H20N2O7S/c1-4-27-18(23)15-11(3)16(19(24)28-5-2)29-17(15)20-14(22)10-12-8-6-7-9-13(12)21(25)26/h6-9H,4-5,10H2,1-3H3,(H,20,22). The highest BCUT2D eigenvalue weighted by Gasteiger charge is 2.27. The summed E-state index contributed by atoms with van der Waals surface area (Å²) in [6, 6.07) is 5.88. The highest BCUT2D eigenvalue weighted by molar-refractivity contribution is 7.18. The molecule has 29 heavy (non-hydrogen) atoms. The summed E-state index contributed by atoms with van der Waals surface area (Å²) < 4.78 is 10.0. The van der Waals surface area contributed by atoms with Gasteiger partial charge < -0.3 is 14.8 Å². The van der Waals surface area contributed by atoms with Crippen molar-refractivity contribution in [2.45, 2.75) is 27.2 Å². The van der Waals surface area contributed by atoms with Gasteiger partial charge in [-0.2, -0.15) is 0 Å². The summed E-state index contributed by atoms with van der Waals surface area (Å²) in [5.41, 5.74) is 0.457. The maximum Gasteiger partial charge on any atom is 0.348 e. The van der Waals surface area contributed by atoms with E-state index in [-0.39, 0.29) is 46.3 Å². The van der Waals surface area contributed by atoms with E-state index >= 15 is 0 Å². The number of hydrogen-bond donors (Lipinski definition) is 1. The van der Waals surface area contributed by atoms with Gasteiger partial charge in [-0.3, -0.25) is 14.9 Å². The van der Waals surface area contributed by atoms with Gasteiger partial charge in [-0.1, -0.05) is 18.2 Å². The zero-order chi connectivity index (χ0) is 21.6. The summed E-state index contributed by atoms with van der Waals surface area (Å²) >= 11 is 0.897. The molecular weight excluding hydrogens is 400 g/mol. The minimum Gasteiger partial charge on any atom is -0.462 e. The van der Waals surface area contributed by atoms with Gasteiger partial charge in [0.1, 0.15) is 9.88 Å². The van der Waals surface area contributed by atoms with Crippen LogP contribution in [0, 0.1) is 17.0 Å². The van der Waals surface area contributed by atoms with Gasteiger partial charge in [-0.15, -0.1) is 11.3 Å². The molecule has 0 fully saturated rings. The number of ether oxygens (including phenoxy) is 2. The Morgan fingerprint density at radius 1 is 1.10 bits per heavy atom. The fourth-order valence-electron chi connectivity index (χ4n) is 2.62. The van der Waals surface area contributed by atoms with Crippen molar-refractivity contribution in [1.82, 2.24) is 0 Å². The van der Waals surface area contributed by atoms with Gasteiger partial charge in [-0.25, -0.2) is 9.59 Å². The Hall–Kier alpha value is -3.27. The molecule has 0 bridgehead atoms. The van der Waals surface area contributed by atoms with Gasteiger partial charge in [0.25, 0.3) is 5.69 Å². The number of anilines is 1. The molecule has 0 atom stereocenters. The van der Waals surface area contributed by atoms with E-state index in [1.54, 1.807) is 26.8 Å². The molecule has 1 aromatic carbocycles. The molecule has 2 rings (SSSR count). The summed E-state index contributed by atoms with van der Waals surface area (Å²) in [5.74, 6) is -1.86. The third-order valence-electron chi connectivity index (χ3n) is 3.88. The first-order chi connectivity index (χ1) is 13.8. The molecule has 10 heteroatoms. The predicted molar refractivity (Wildman–Crippen MR) is 106 cm³/mol. The Morgan fingerprint density at radius 3 is 2.34 bits per heavy atom. The molecule has 0 saturated carbocycles. The van der Waals surface area contributed by atoms with Gasteiger partial charge >= 0.3 is 11.9 Å². The predicted octanol–water partition coefficient (Wildman–Crippen LogP) is 3.50. The number of para-hydroxylation sites is 1. The molecule has 2 aromatic rings. The molecule has 1 amide bonds. The van der Waals surface area contributed by atoms with Crippen LogP contribution in [0.4, 0.5) is 10.7 Å². The Bertz CT molecular complexity index is 952. The first-order valence-corrected chi connectivity index (χ1v) is 9.61. The van der Waals surface area contributed by atoms with Crippen LogP contribution in [-0.2, 0) is 20.7 Å². The number of carbonyl (C=O) groups excluding carboxylic acids is 3. The second-order valence-corrected chi connectivity index (χ2v) is 6.83. The van der Waals surface area contributed by atoms with Crippen molar-refractivity contribution in [3.63, 3.8) is 0 Å². The van der Waals surface area contributed by atoms with Crippen LogP contribution in [0.3, 0.4) is 0 Å². The van der Waals surface area contributed by atoms with E-state index in [1.165, 1.54) is 18.2 Å². The lowest BCUT2D eigenvalue weighted by atomic mass is 10.1. The van der Waals surface area contributed by atoms with Gasteiger partial charge in [-0.05, 0) is 26.3 Å². The summed E-state index contributed by atoms with van der Waals surface area (Å²) in [4.78, 5) is 47.8. The maximum atomic E-state index is 12.5. The molecule has 1 heterocycles. The van der Waals surface area contributed by atoms with Crippen LogP contribution in [0.25, 0.3) is 0 Å². The molecule has 154 valence electrons. The number of amides is 1. The van der Waals surface area contributed by atoms with Crippen LogP contribution in [0.15, 0.2) is 24.3 Å². The second kappa shape index (κ2) is 9.78. The van der Waals surface area contributed by atoms with Gasteiger partial charge in [0.2, 0.25) is 5.91 Å². The summed E-state index contributed by atoms with van der Waals surface area (Å²) in [6.07, 6.45) is -0.273. The molecule has 0 radical (unpaired) electrons. The Morgan fingerprint density at radius 2 is 1.72 bits per heavy atom. The normalized spacial score (nSPS) is 10.3. The fourth-order valence-corrected chi connectivity index (χ4v) is 3.73. The number of benzene rings is 1. The number of rotatable bonds is 8. The van der Waals surface area contributed by atoms with Crippen LogP contribution < -0.4 is 5.32 Å². The minimum atomic E-state index is -0.683. The van der Waals surface area contributed by atoms with E-state index in [4.69, 9.17) is 9.47 Å². The second-order valence-electron chi connectivity index (χ2n) is 5.81. The number of nitrogens with one attached hydrogen (secondary N) is 1. The number of nitrogens with zero attached hydrogens (tertiary/aromatic N) is 1. The van der Waals surface area contributed by atoms with Crippen LogP contribution in [0.1, 0.15) is 45.0 Å². The number of hydrogen-bond acceptors (Lipinski definition) is 8. The van der Waals surface area contributed by atoms with Crippen LogP contribution >= 0.6 is 11.3 Å². The largest absolute Gasteiger partial charge is 0.462 e. The molecule has 0 spiro atoms. The molecule has 1 N–H and O–H groups in total. The van der Waals surface area contributed by atoms with E-state index in [0.717, 1.165) is 11.3 Å². The van der Waals surface area contributed by atoms with E-state index in [9.17, 15) is 24.5 Å². The zero-order valence-electron chi connectivity index (χ0n) is 16.1. The molecule has 9 nitrogen and oxygen atoms in total. The van der Waals surface area contributed by atoms with Crippen LogP contribution in [0.5, 0.6) is 0 Å². The molecule has 0 unspecified atom stereocenters. The maximum absolute atomic E-state index is 12.5. The number of nitro groups is 1. The fraction of sp³-hybridized carbons (Fsp3) is 0.316. The number of thiophene rings is 1. The van der Waals surface area contributed by atoms with Crippen molar-refractivity contribution in [2.24, 2.45) is 0 Å². The first kappa shape index (κ1) is 22.0. The van der Waals surface area contributed by atoms with Crippen molar-refractivity contribution in [1.29, 1.82) is 0 Å². The first-order valence-electron chi connectivity index (χ1n) is 8.79. The zero-order valence-corrected chi connectivity index (χ0v) is 17.0. The number of nitro benzene ring substituents is 1. The van der Waals surface area contributed by atoms with Crippen molar-refractivity contribution in [3.8, 4) is 0 Å². The Labute approximate surface area is 170 Å². The highest BCUT2D eigenvalue weighted by Crippen LogP contribution is 2.34. The average Bonchev–Trinajstić information content (AvgIpc) is 2.98. The summed E-state index contributed by atoms with van der Waals surface area (Å²) in [6.45, 7) is 5.13. The van der Waals surface area contributed by atoms with Crippen molar-refractivity contribution in [3.05, 3.63) is 55.9 Å². The lowest BCUT2D eigenvalue weighted by Crippen LogP contribution is -2.17. The van der Waals surface area contributed by atoms with Crippen molar-refractivity contribution < 1.29 is 28.8 Å². The third kappa shape index (κ3) is 5.17. The molecular formula is C19H20N2O7S. The molecule has 0 saturated heterocycles. The van der Waals surface area contributed by atoms with E-state index < -0.39 is 22.8 Å².